The van der Waals surface area contributed by atoms with E-state index in [0.29, 0.717) is 0 Å². The van der Waals surface area contributed by atoms with Crippen LogP contribution in [0.5, 0.6) is 5.75 Å². The molecule has 0 bridgehead atoms. The molecule has 3 N–H and O–H groups in total. The van der Waals surface area contributed by atoms with E-state index in [1.165, 1.54) is 26.2 Å². The van der Waals surface area contributed by atoms with Crippen molar-refractivity contribution in [1.29, 1.82) is 0 Å². The van der Waals surface area contributed by atoms with Gasteiger partial charge in [-0.3, -0.25) is 9.59 Å². The van der Waals surface area contributed by atoms with Crippen LogP contribution < -0.4 is 21.5 Å². The number of nitrogens with one attached hydrogen (secondary N) is 2. The Morgan fingerprint density at radius 3 is 2.46 bits per heavy atom. The summed E-state index contributed by atoms with van der Waals surface area (Å²) in [5.74, 6) is -0.648. The highest BCUT2D eigenvalue weighted by atomic mass is 35.5. The predicted molar refractivity (Wildman–Crippen MR) is 136 cm³/mol. The summed E-state index contributed by atoms with van der Waals surface area (Å²) in [5.41, 5.74) is 0.286. The Morgan fingerprint density at radius 2 is 1.83 bits per heavy atom. The number of benzene rings is 1. The third kappa shape index (κ3) is 4.37. The highest BCUT2D eigenvalue weighted by Gasteiger charge is 2.35. The molecule has 1 heterocycles. The number of halogens is 1. The van der Waals surface area contributed by atoms with E-state index in [0.717, 1.165) is 28.3 Å². The summed E-state index contributed by atoms with van der Waals surface area (Å²) in [6.45, 7) is 4.13. The highest BCUT2D eigenvalue weighted by Crippen LogP contribution is 2.42. The molecular weight excluding hydrogens is 494 g/mol. The molecule has 1 atom stereocenters. The summed E-state index contributed by atoms with van der Waals surface area (Å²) in [6.07, 6.45) is 6.96. The average Bonchev–Trinajstić information content (AvgIpc) is 3.32. The van der Waals surface area contributed by atoms with Crippen LogP contribution in [0.25, 0.3) is 5.57 Å². The summed E-state index contributed by atoms with van der Waals surface area (Å²) in [4.78, 5) is 24.4. The second kappa shape index (κ2) is 8.85. The second-order valence-corrected chi connectivity index (χ2v) is 11.9. The third-order valence-electron chi connectivity index (χ3n) is 6.43. The van der Waals surface area contributed by atoms with Gasteiger partial charge in [0.15, 0.2) is 5.75 Å². The molecule has 0 radical (unpaired) electrons. The van der Waals surface area contributed by atoms with Gasteiger partial charge in [0.1, 0.15) is 16.3 Å². The van der Waals surface area contributed by atoms with Crippen LogP contribution in [0.2, 0.25) is 5.02 Å². The van der Waals surface area contributed by atoms with Gasteiger partial charge in [-0.1, -0.05) is 31.5 Å². The largest absolute Gasteiger partial charge is 0.504 e. The molecule has 3 aromatic rings. The number of phenols is 1. The molecule has 186 valence electrons. The molecule has 1 aliphatic carbocycles. The van der Waals surface area contributed by atoms with Gasteiger partial charge in [0.05, 0.1) is 29.3 Å². The van der Waals surface area contributed by atoms with Crippen molar-refractivity contribution < 1.29 is 17.9 Å². The van der Waals surface area contributed by atoms with Crippen LogP contribution in [-0.4, -0.2) is 38.0 Å². The average molecular weight is 520 g/mol. The van der Waals surface area contributed by atoms with Gasteiger partial charge in [-0.2, -0.15) is 0 Å². The lowest BCUT2D eigenvalue weighted by molar-refractivity contribution is 0.307. The Morgan fingerprint density at radius 1 is 1.14 bits per heavy atom. The van der Waals surface area contributed by atoms with E-state index in [4.69, 9.17) is 16.0 Å². The van der Waals surface area contributed by atoms with Gasteiger partial charge >= 0.3 is 0 Å². The molecule has 1 aromatic heterocycles. The number of furan rings is 1. The lowest BCUT2D eigenvalue weighted by Gasteiger charge is -2.38. The molecule has 0 amide bonds. The van der Waals surface area contributed by atoms with Crippen molar-refractivity contribution in [3.63, 3.8) is 0 Å². The molecule has 0 saturated carbocycles. The molecule has 2 aromatic carbocycles. The lowest BCUT2D eigenvalue weighted by Crippen LogP contribution is -2.44. The first-order chi connectivity index (χ1) is 16.3. The number of rotatable bonds is 7. The Labute approximate surface area is 207 Å². The quantitative estimate of drug-likeness (QED) is 0.316. The van der Waals surface area contributed by atoms with Crippen molar-refractivity contribution in [3.05, 3.63) is 67.8 Å². The molecule has 0 saturated heterocycles. The third-order valence-corrected chi connectivity index (χ3v) is 8.75. The summed E-state index contributed by atoms with van der Waals surface area (Å²) in [7, 11) is -1.46. The van der Waals surface area contributed by atoms with Crippen molar-refractivity contribution in [2.24, 2.45) is 5.41 Å². The highest BCUT2D eigenvalue weighted by molar-refractivity contribution is 7.89. The Hall–Kier alpha value is -3.08. The normalized spacial score (nSPS) is 18.0. The van der Waals surface area contributed by atoms with Crippen LogP contribution in [-0.2, 0) is 10.0 Å². The van der Waals surface area contributed by atoms with Gasteiger partial charge in [-0.25, -0.2) is 12.7 Å². The minimum absolute atomic E-state index is 0.0551. The van der Waals surface area contributed by atoms with E-state index in [-0.39, 0.29) is 33.5 Å². The molecule has 0 fully saturated rings. The molecule has 4 rings (SSSR count). The summed E-state index contributed by atoms with van der Waals surface area (Å²) in [6, 6.07) is 4.24. The smallest absolute Gasteiger partial charge is 0.253 e. The number of aromatic hydroxyl groups is 1. The minimum Gasteiger partial charge on any atom is -0.504 e. The Kier molecular flexibility index (Phi) is 6.33. The van der Waals surface area contributed by atoms with E-state index < -0.39 is 31.5 Å². The zero-order valence-electron chi connectivity index (χ0n) is 19.7. The lowest BCUT2D eigenvalue weighted by atomic mass is 9.73. The van der Waals surface area contributed by atoms with Crippen LogP contribution in [0.4, 0.5) is 17.1 Å². The number of sulfonamides is 1. The van der Waals surface area contributed by atoms with Gasteiger partial charge in [0.2, 0.25) is 10.0 Å². The van der Waals surface area contributed by atoms with Gasteiger partial charge < -0.3 is 20.2 Å². The van der Waals surface area contributed by atoms with E-state index in [1.807, 2.05) is 12.1 Å². The SMILES string of the molecule is CN(C)S(=O)(=O)c1c(Cl)ccc(Nc2c(NC3C=C(c4ccoc4)CCC3(C)C)c(=O)c2=O)c1O. The maximum absolute atomic E-state index is 12.6. The van der Waals surface area contributed by atoms with Gasteiger partial charge in [-0.15, -0.1) is 0 Å². The Balaban J connectivity index is 1.69. The summed E-state index contributed by atoms with van der Waals surface area (Å²) in [5, 5.41) is 16.4. The van der Waals surface area contributed by atoms with Crippen LogP contribution >= 0.6 is 11.6 Å². The Bertz CT molecular complexity index is 1480. The molecule has 9 nitrogen and oxygen atoms in total. The molecule has 1 aliphatic rings. The first kappa shape index (κ1) is 25.0. The second-order valence-electron chi connectivity index (χ2n) is 9.41. The zero-order chi connectivity index (χ0) is 25.7. The van der Waals surface area contributed by atoms with Crippen LogP contribution in [0.15, 0.2) is 55.7 Å². The van der Waals surface area contributed by atoms with Crippen LogP contribution in [0.3, 0.4) is 0 Å². The summed E-state index contributed by atoms with van der Waals surface area (Å²) >= 11 is 6.06. The number of anilines is 3. The van der Waals surface area contributed by atoms with Crippen molar-refractivity contribution in [2.45, 2.75) is 37.6 Å². The fourth-order valence-corrected chi connectivity index (χ4v) is 5.54. The van der Waals surface area contributed by atoms with Crippen molar-refractivity contribution >= 4 is 44.3 Å². The predicted octanol–water partition coefficient (Wildman–Crippen LogP) is 3.91. The molecule has 11 heteroatoms. The van der Waals surface area contributed by atoms with Gasteiger partial charge in [0, 0.05) is 19.7 Å². The van der Waals surface area contributed by atoms with Gasteiger partial charge in [-0.05, 0) is 42.0 Å². The molecular formula is C24H26ClN3O6S. The fourth-order valence-electron chi connectivity index (χ4n) is 4.06. The first-order valence-corrected chi connectivity index (χ1v) is 12.7. The van der Waals surface area contributed by atoms with Gasteiger partial charge in [0.25, 0.3) is 10.9 Å². The zero-order valence-corrected chi connectivity index (χ0v) is 21.2. The monoisotopic (exact) mass is 519 g/mol. The molecule has 0 spiro atoms. The van der Waals surface area contributed by atoms with Crippen molar-refractivity contribution in [2.75, 3.05) is 24.7 Å². The number of nitrogens with zero attached hydrogens (tertiary/aromatic N) is 1. The molecule has 1 unspecified atom stereocenters. The standard InChI is InChI=1S/C24H26ClN3O6S/c1-24(2)9-7-13(14-8-10-34-12-14)11-17(24)27-19-18(21(30)22(19)31)26-16-6-5-15(25)23(20(16)29)35(32,33)28(3)4/h5-6,8,10-12,17,26-27,29H,7,9H2,1-4H3. The maximum Gasteiger partial charge on any atom is 0.253 e. The minimum atomic E-state index is -4.08. The number of phenolic OH excluding ortho intramolecular Hbond substituents is 1. The fraction of sp³-hybridized carbons (Fsp3) is 0.333. The van der Waals surface area contributed by atoms with Crippen molar-refractivity contribution in [3.8, 4) is 5.75 Å². The maximum atomic E-state index is 12.6. The van der Waals surface area contributed by atoms with E-state index in [2.05, 4.69) is 24.5 Å². The van der Waals surface area contributed by atoms with Crippen molar-refractivity contribution in [1.82, 2.24) is 4.31 Å². The number of hydrogen-bond donors (Lipinski definition) is 3. The van der Waals surface area contributed by atoms with E-state index >= 15 is 0 Å². The van der Waals surface area contributed by atoms with Crippen LogP contribution in [0.1, 0.15) is 32.3 Å². The number of allylic oxidation sites excluding steroid dienone is 1. The molecule has 35 heavy (non-hydrogen) atoms. The van der Waals surface area contributed by atoms with E-state index in [9.17, 15) is 23.1 Å². The van der Waals surface area contributed by atoms with Crippen LogP contribution in [0, 0.1) is 5.41 Å². The molecule has 0 aliphatic heterocycles. The number of hydrogen-bond acceptors (Lipinski definition) is 8. The topological polar surface area (TPSA) is 129 Å². The first-order valence-electron chi connectivity index (χ1n) is 10.9. The summed E-state index contributed by atoms with van der Waals surface area (Å²) < 4.78 is 31.4. The van der Waals surface area contributed by atoms with E-state index in [1.54, 1.807) is 12.5 Å².